The van der Waals surface area contributed by atoms with Crippen molar-refractivity contribution >= 4 is 68.0 Å². The van der Waals surface area contributed by atoms with Gasteiger partial charge in [-0.25, -0.2) is 4.39 Å². The van der Waals surface area contributed by atoms with Crippen molar-refractivity contribution in [3.8, 4) is 0 Å². The molecule has 4 amide bonds. The number of esters is 1. The van der Waals surface area contributed by atoms with Gasteiger partial charge in [-0.15, -0.1) is 0 Å². The van der Waals surface area contributed by atoms with Crippen LogP contribution in [0, 0.1) is 5.82 Å². The van der Waals surface area contributed by atoms with Gasteiger partial charge in [0.25, 0.3) is 17.1 Å². The maximum Gasteiger partial charge on any atom is 0.326 e. The van der Waals surface area contributed by atoms with Crippen LogP contribution in [0.2, 0.25) is 0 Å². The number of imide groups is 1. The van der Waals surface area contributed by atoms with E-state index >= 15 is 0 Å². The lowest BCUT2D eigenvalue weighted by atomic mass is 10.1. The number of carbonyl (C=O) groups is 5. The summed E-state index contributed by atoms with van der Waals surface area (Å²) in [5.41, 5.74) is 1.44. The van der Waals surface area contributed by atoms with E-state index in [0.717, 1.165) is 22.2 Å². The lowest BCUT2D eigenvalue weighted by Crippen LogP contribution is -2.37. The molecule has 1 aliphatic heterocycles. The third-order valence-corrected chi connectivity index (χ3v) is 7.28. The maximum atomic E-state index is 14.8. The second-order valence-electron chi connectivity index (χ2n) is 8.61. The first-order chi connectivity index (χ1) is 19.1. The minimum absolute atomic E-state index is 0.0979. The molecule has 3 aromatic rings. The zero-order valence-corrected chi connectivity index (χ0v) is 23.5. The van der Waals surface area contributed by atoms with Crippen LogP contribution in [0.4, 0.5) is 20.6 Å². The van der Waals surface area contributed by atoms with Crippen LogP contribution in [0.1, 0.15) is 33.2 Å². The average Bonchev–Trinajstić information content (AvgIpc) is 3.24. The topological polar surface area (TPSA) is 122 Å². The highest BCUT2D eigenvalue weighted by Crippen LogP contribution is 2.26. The first-order valence-electron chi connectivity index (χ1n) is 12.1. The fourth-order valence-electron chi connectivity index (χ4n) is 3.93. The number of halogens is 2. The van der Waals surface area contributed by atoms with Crippen LogP contribution in [-0.4, -0.2) is 47.3 Å². The molecule has 0 aliphatic carbocycles. The number of anilines is 2. The van der Waals surface area contributed by atoms with Crippen LogP contribution in [0.5, 0.6) is 0 Å². The molecule has 9 nitrogen and oxygen atoms in total. The molecule has 0 radical (unpaired) electrons. The van der Waals surface area contributed by atoms with Crippen LogP contribution in [0.15, 0.2) is 71.2 Å². The molecule has 1 saturated heterocycles. The van der Waals surface area contributed by atoms with Gasteiger partial charge in [0.05, 0.1) is 17.5 Å². The second kappa shape index (κ2) is 12.9. The molecule has 40 heavy (non-hydrogen) atoms. The van der Waals surface area contributed by atoms with Crippen molar-refractivity contribution in [2.45, 2.75) is 18.6 Å². The Morgan fingerprint density at radius 1 is 1.05 bits per heavy atom. The predicted molar refractivity (Wildman–Crippen MR) is 152 cm³/mol. The smallest absolute Gasteiger partial charge is 0.326 e. The third kappa shape index (κ3) is 7.13. The Bertz CT molecular complexity index is 1480. The molecule has 206 valence electrons. The minimum Gasteiger partial charge on any atom is -0.465 e. The SMILES string of the molecule is CCOC(=O)CN(C(=O)c1cccc(NC(=O)c2ccc(CC3SC(=O)NC3=O)cc2)c1)c1ccc(Br)cc1F. The molecule has 1 heterocycles. The fourth-order valence-corrected chi connectivity index (χ4v) is 5.12. The van der Waals surface area contributed by atoms with Crippen LogP contribution in [-0.2, 0) is 20.7 Å². The van der Waals surface area contributed by atoms with Crippen molar-refractivity contribution in [2.75, 3.05) is 23.4 Å². The average molecular weight is 628 g/mol. The molecule has 1 atom stereocenters. The molecule has 2 N–H and O–H groups in total. The molecule has 1 unspecified atom stereocenters. The number of carbonyl (C=O) groups excluding carboxylic acids is 5. The van der Waals surface area contributed by atoms with E-state index in [1.54, 1.807) is 49.4 Å². The molecule has 4 rings (SSSR count). The predicted octanol–water partition coefficient (Wildman–Crippen LogP) is 4.94. The lowest BCUT2D eigenvalue weighted by Gasteiger charge is -2.23. The summed E-state index contributed by atoms with van der Waals surface area (Å²) < 4.78 is 20.2. The summed E-state index contributed by atoms with van der Waals surface area (Å²) in [4.78, 5) is 62.6. The Morgan fingerprint density at radius 3 is 2.45 bits per heavy atom. The molecular formula is C28H23BrFN3O6S. The van der Waals surface area contributed by atoms with Gasteiger partial charge < -0.3 is 10.1 Å². The summed E-state index contributed by atoms with van der Waals surface area (Å²) in [6, 6.07) is 16.8. The van der Waals surface area contributed by atoms with Gasteiger partial charge in [-0.05, 0) is 67.4 Å². The van der Waals surface area contributed by atoms with Gasteiger partial charge in [0.2, 0.25) is 5.91 Å². The first kappa shape index (κ1) is 29.0. The molecule has 12 heteroatoms. The van der Waals surface area contributed by atoms with Gasteiger partial charge in [0, 0.05) is 21.3 Å². The molecule has 1 aliphatic rings. The minimum atomic E-state index is -0.710. The van der Waals surface area contributed by atoms with E-state index in [4.69, 9.17) is 4.74 Å². The molecule has 0 saturated carbocycles. The van der Waals surface area contributed by atoms with Crippen molar-refractivity contribution in [1.29, 1.82) is 0 Å². The van der Waals surface area contributed by atoms with Crippen molar-refractivity contribution in [1.82, 2.24) is 5.32 Å². The number of rotatable bonds is 9. The van der Waals surface area contributed by atoms with Gasteiger partial charge in [-0.2, -0.15) is 0 Å². The van der Waals surface area contributed by atoms with Gasteiger partial charge in [0.15, 0.2) is 0 Å². The monoisotopic (exact) mass is 627 g/mol. The van der Waals surface area contributed by atoms with Gasteiger partial charge in [0.1, 0.15) is 12.4 Å². The summed E-state index contributed by atoms with van der Waals surface area (Å²) in [5, 5.41) is 4.08. The number of nitrogens with one attached hydrogen (secondary N) is 2. The zero-order chi connectivity index (χ0) is 28.8. The second-order valence-corrected chi connectivity index (χ2v) is 10.7. The van der Waals surface area contributed by atoms with E-state index in [1.807, 2.05) is 0 Å². The lowest BCUT2D eigenvalue weighted by molar-refractivity contribution is -0.141. The molecule has 0 bridgehead atoms. The first-order valence-corrected chi connectivity index (χ1v) is 13.8. The highest BCUT2D eigenvalue weighted by atomic mass is 79.9. The molecule has 0 spiro atoms. The van der Waals surface area contributed by atoms with Gasteiger partial charge in [-0.3, -0.25) is 34.2 Å². The largest absolute Gasteiger partial charge is 0.465 e. The highest BCUT2D eigenvalue weighted by Gasteiger charge is 2.31. The van der Waals surface area contributed by atoms with E-state index in [1.165, 1.54) is 24.3 Å². The number of hydrogen-bond acceptors (Lipinski definition) is 7. The highest BCUT2D eigenvalue weighted by molar-refractivity contribution is 9.10. The number of benzene rings is 3. The van der Waals surface area contributed by atoms with E-state index in [0.29, 0.717) is 22.1 Å². The summed E-state index contributed by atoms with van der Waals surface area (Å²) >= 11 is 4.11. The van der Waals surface area contributed by atoms with Gasteiger partial charge in [-0.1, -0.05) is 45.9 Å². The number of ether oxygens (including phenoxy) is 1. The fraction of sp³-hybridized carbons (Fsp3) is 0.179. The summed E-state index contributed by atoms with van der Waals surface area (Å²) in [6.45, 7) is 1.21. The van der Waals surface area contributed by atoms with Crippen LogP contribution in [0.25, 0.3) is 0 Å². The summed E-state index contributed by atoms with van der Waals surface area (Å²) in [6.07, 6.45) is 0.343. The van der Waals surface area contributed by atoms with Crippen LogP contribution < -0.4 is 15.5 Å². The Kier molecular flexibility index (Phi) is 9.33. The Hall–Kier alpha value is -4.03. The standard InChI is InChI=1S/C28H23BrFN3O6S/c1-2-39-24(34)15-33(22-11-10-19(29)14-21(22)30)27(37)18-4-3-5-20(13-18)31-25(35)17-8-6-16(7-9-17)12-23-26(36)32-28(38)40-23/h3-11,13-14,23H,2,12,15H2,1H3,(H,31,35)(H,32,36,38). The van der Waals surface area contributed by atoms with Crippen LogP contribution in [0.3, 0.4) is 0 Å². The van der Waals surface area contributed by atoms with E-state index in [-0.39, 0.29) is 29.0 Å². The zero-order valence-electron chi connectivity index (χ0n) is 21.1. The van der Waals surface area contributed by atoms with Crippen molar-refractivity contribution < 1.29 is 33.1 Å². The van der Waals surface area contributed by atoms with E-state index in [2.05, 4.69) is 26.6 Å². The Labute approximate surface area is 241 Å². The summed E-state index contributed by atoms with van der Waals surface area (Å²) in [7, 11) is 0. The number of amides is 4. The quantitative estimate of drug-likeness (QED) is 0.322. The molecule has 0 aromatic heterocycles. The number of hydrogen-bond donors (Lipinski definition) is 2. The Balaban J connectivity index is 1.49. The maximum absolute atomic E-state index is 14.8. The van der Waals surface area contributed by atoms with Crippen molar-refractivity contribution in [3.63, 3.8) is 0 Å². The molecular weight excluding hydrogens is 605 g/mol. The normalized spacial score (nSPS) is 14.4. The van der Waals surface area contributed by atoms with E-state index in [9.17, 15) is 28.4 Å². The molecule has 1 fully saturated rings. The Morgan fingerprint density at radius 2 is 1.80 bits per heavy atom. The van der Waals surface area contributed by atoms with Crippen LogP contribution >= 0.6 is 27.7 Å². The third-order valence-electron chi connectivity index (χ3n) is 5.81. The number of thioether (sulfide) groups is 1. The van der Waals surface area contributed by atoms with Crippen molar-refractivity contribution in [2.24, 2.45) is 0 Å². The molecule has 3 aromatic carbocycles. The van der Waals surface area contributed by atoms with Crippen molar-refractivity contribution in [3.05, 3.63) is 93.7 Å². The van der Waals surface area contributed by atoms with Gasteiger partial charge >= 0.3 is 5.97 Å². The number of nitrogens with zero attached hydrogens (tertiary/aromatic N) is 1. The van der Waals surface area contributed by atoms with E-state index < -0.39 is 35.4 Å². The summed E-state index contributed by atoms with van der Waals surface area (Å²) in [5.74, 6) is -2.86.